The molecule has 2 saturated heterocycles. The summed E-state index contributed by atoms with van der Waals surface area (Å²) in [5.41, 5.74) is 0. The van der Waals surface area contributed by atoms with E-state index < -0.39 is 10.0 Å². The first-order chi connectivity index (χ1) is 16.0. The van der Waals surface area contributed by atoms with Gasteiger partial charge in [-0.2, -0.15) is 4.31 Å². The molecule has 4 aliphatic rings. The molecule has 2 atom stereocenters. The first kappa shape index (κ1) is 22.9. The summed E-state index contributed by atoms with van der Waals surface area (Å²) >= 11 is 0. The molecule has 3 fully saturated rings. The molecule has 1 aromatic carbocycles. The minimum Gasteiger partial charge on any atom is -0.490 e. The Morgan fingerprint density at radius 2 is 1.61 bits per heavy atom. The summed E-state index contributed by atoms with van der Waals surface area (Å²) in [4.78, 5) is 17.6. The molecule has 0 radical (unpaired) electrons. The number of hydrogen-bond acceptors (Lipinski definition) is 6. The summed E-state index contributed by atoms with van der Waals surface area (Å²) in [6, 6.07) is 5.26. The Morgan fingerprint density at radius 3 is 2.42 bits per heavy atom. The molecule has 9 heteroatoms. The largest absolute Gasteiger partial charge is 0.490 e. The summed E-state index contributed by atoms with van der Waals surface area (Å²) in [5.74, 6) is 1.97. The molecule has 0 aromatic heterocycles. The number of amides is 1. The van der Waals surface area contributed by atoms with Crippen molar-refractivity contribution >= 4 is 15.9 Å². The van der Waals surface area contributed by atoms with E-state index in [1.165, 1.54) is 30.0 Å². The Bertz CT molecular complexity index is 959. The van der Waals surface area contributed by atoms with E-state index in [0.717, 1.165) is 25.8 Å². The maximum absolute atomic E-state index is 13.2. The fourth-order valence-corrected chi connectivity index (χ4v) is 7.24. The second-order valence-electron chi connectivity index (χ2n) is 9.68. The Balaban J connectivity index is 1.18. The fourth-order valence-electron chi connectivity index (χ4n) is 5.80. The quantitative estimate of drug-likeness (QED) is 0.662. The maximum Gasteiger partial charge on any atom is 0.243 e. The summed E-state index contributed by atoms with van der Waals surface area (Å²) < 4.78 is 39.3. The summed E-state index contributed by atoms with van der Waals surface area (Å²) in [7, 11) is -3.62. The van der Waals surface area contributed by atoms with Crippen LogP contribution >= 0.6 is 0 Å². The molecule has 3 aliphatic heterocycles. The number of piperazine rings is 1. The highest BCUT2D eigenvalue weighted by Gasteiger charge is 2.37. The van der Waals surface area contributed by atoms with Gasteiger partial charge in [-0.05, 0) is 43.7 Å². The van der Waals surface area contributed by atoms with Crippen LogP contribution in [-0.2, 0) is 14.8 Å². The van der Waals surface area contributed by atoms with Crippen LogP contribution in [0.2, 0.25) is 0 Å². The Kier molecular flexibility index (Phi) is 6.81. The van der Waals surface area contributed by atoms with Crippen LogP contribution in [0.25, 0.3) is 0 Å². The second kappa shape index (κ2) is 9.80. The van der Waals surface area contributed by atoms with Crippen molar-refractivity contribution < 1.29 is 22.7 Å². The number of carbonyl (C=O) groups excluding carboxylic acids is 1. The van der Waals surface area contributed by atoms with E-state index in [1.54, 1.807) is 18.2 Å². The lowest BCUT2D eigenvalue weighted by Gasteiger charge is -2.45. The molecule has 3 heterocycles. The van der Waals surface area contributed by atoms with Gasteiger partial charge < -0.3 is 14.4 Å². The van der Waals surface area contributed by atoms with Gasteiger partial charge in [0.1, 0.15) is 0 Å². The maximum atomic E-state index is 13.2. The van der Waals surface area contributed by atoms with E-state index in [-0.39, 0.29) is 10.8 Å². The van der Waals surface area contributed by atoms with Crippen LogP contribution in [0, 0.1) is 5.92 Å². The van der Waals surface area contributed by atoms with Gasteiger partial charge in [0.2, 0.25) is 15.9 Å². The lowest BCUT2D eigenvalue weighted by molar-refractivity contribution is -0.139. The van der Waals surface area contributed by atoms with Gasteiger partial charge in [0.25, 0.3) is 0 Å². The molecule has 0 spiro atoms. The lowest BCUT2D eigenvalue weighted by atomic mass is 9.78. The second-order valence-corrected chi connectivity index (χ2v) is 11.6. The van der Waals surface area contributed by atoms with E-state index in [9.17, 15) is 13.2 Å². The number of fused-ring (bicyclic) bond motifs is 2. The van der Waals surface area contributed by atoms with E-state index in [4.69, 9.17) is 9.47 Å². The highest BCUT2D eigenvalue weighted by molar-refractivity contribution is 7.89. The Morgan fingerprint density at radius 1 is 0.879 bits per heavy atom. The van der Waals surface area contributed by atoms with E-state index in [1.807, 2.05) is 0 Å². The zero-order valence-corrected chi connectivity index (χ0v) is 20.1. The molecule has 1 amide bonds. The van der Waals surface area contributed by atoms with Crippen LogP contribution in [0.5, 0.6) is 11.5 Å². The van der Waals surface area contributed by atoms with Gasteiger partial charge >= 0.3 is 0 Å². The third kappa shape index (κ3) is 4.86. The molecule has 1 saturated carbocycles. The summed E-state index contributed by atoms with van der Waals surface area (Å²) in [6.45, 7) is 4.25. The molecule has 0 unspecified atom stereocenters. The van der Waals surface area contributed by atoms with Crippen molar-refractivity contribution in [1.82, 2.24) is 14.1 Å². The van der Waals surface area contributed by atoms with Gasteiger partial charge in [-0.3, -0.25) is 9.69 Å². The number of nitrogens with zero attached hydrogens (tertiary/aromatic N) is 3. The van der Waals surface area contributed by atoms with Crippen molar-refractivity contribution in [3.63, 3.8) is 0 Å². The van der Waals surface area contributed by atoms with Crippen molar-refractivity contribution in [2.45, 2.75) is 55.9 Å². The number of hydrogen-bond donors (Lipinski definition) is 0. The lowest BCUT2D eigenvalue weighted by Crippen LogP contribution is -2.55. The SMILES string of the molecule is O=C(CN1CCN(S(=O)(=O)c2ccc3c(c2)OCCCO3)CC1)N1CCC[C@H]2CCCC[C@@H]21. The van der Waals surface area contributed by atoms with Crippen LogP contribution in [0.1, 0.15) is 44.9 Å². The van der Waals surface area contributed by atoms with Crippen molar-refractivity contribution in [2.24, 2.45) is 5.92 Å². The predicted octanol–water partition coefficient (Wildman–Crippen LogP) is 2.34. The number of piperidine rings is 1. The van der Waals surface area contributed by atoms with Crippen molar-refractivity contribution in [3.05, 3.63) is 18.2 Å². The smallest absolute Gasteiger partial charge is 0.243 e. The molecule has 5 rings (SSSR count). The molecule has 182 valence electrons. The topological polar surface area (TPSA) is 79.4 Å². The van der Waals surface area contributed by atoms with Crippen LogP contribution in [0.3, 0.4) is 0 Å². The van der Waals surface area contributed by atoms with Gasteiger partial charge in [-0.1, -0.05) is 12.8 Å². The van der Waals surface area contributed by atoms with Crippen LogP contribution in [0.15, 0.2) is 23.1 Å². The van der Waals surface area contributed by atoms with Crippen LogP contribution < -0.4 is 9.47 Å². The fraction of sp³-hybridized carbons (Fsp3) is 0.708. The van der Waals surface area contributed by atoms with Gasteiger partial charge in [-0.25, -0.2) is 8.42 Å². The van der Waals surface area contributed by atoms with E-state index in [2.05, 4.69) is 9.80 Å². The third-order valence-corrected chi connectivity index (χ3v) is 9.51. The average Bonchev–Trinajstić information content (AvgIpc) is 3.09. The third-order valence-electron chi connectivity index (χ3n) is 7.61. The molecule has 1 aromatic rings. The average molecular weight is 478 g/mol. The molecule has 0 N–H and O–H groups in total. The van der Waals surface area contributed by atoms with Gasteiger partial charge in [0.05, 0.1) is 24.7 Å². The zero-order chi connectivity index (χ0) is 22.8. The molecule has 33 heavy (non-hydrogen) atoms. The van der Waals surface area contributed by atoms with E-state index in [0.29, 0.717) is 69.4 Å². The zero-order valence-electron chi connectivity index (χ0n) is 19.3. The molecule has 8 nitrogen and oxygen atoms in total. The van der Waals surface area contributed by atoms with Crippen molar-refractivity contribution in [1.29, 1.82) is 0 Å². The number of carbonyl (C=O) groups is 1. The summed E-state index contributed by atoms with van der Waals surface area (Å²) in [5, 5.41) is 0. The Hall–Kier alpha value is -1.84. The first-order valence-electron chi connectivity index (χ1n) is 12.4. The van der Waals surface area contributed by atoms with Gasteiger partial charge in [-0.15, -0.1) is 0 Å². The van der Waals surface area contributed by atoms with E-state index >= 15 is 0 Å². The van der Waals surface area contributed by atoms with Crippen molar-refractivity contribution in [2.75, 3.05) is 52.5 Å². The normalized spacial score (nSPS) is 27.0. The Labute approximate surface area is 196 Å². The summed E-state index contributed by atoms with van der Waals surface area (Å²) in [6.07, 6.45) is 8.04. The van der Waals surface area contributed by atoms with Gasteiger partial charge in [0.15, 0.2) is 11.5 Å². The molecule has 0 bridgehead atoms. The number of ether oxygens (including phenoxy) is 2. The number of benzene rings is 1. The molecular formula is C24H35N3O5S. The first-order valence-corrected chi connectivity index (χ1v) is 13.9. The van der Waals surface area contributed by atoms with Gasteiger partial charge in [0, 0.05) is 51.3 Å². The number of sulfonamides is 1. The minimum absolute atomic E-state index is 0.214. The highest BCUT2D eigenvalue weighted by Crippen LogP contribution is 2.36. The van der Waals surface area contributed by atoms with Crippen molar-refractivity contribution in [3.8, 4) is 11.5 Å². The standard InChI is InChI=1S/C24H35N3O5S/c28-24(27-10-3-6-19-5-1-2-7-21(19)27)18-25-11-13-26(14-12-25)33(29,30)20-8-9-22-23(17-20)32-16-4-15-31-22/h8-9,17,19,21H,1-7,10-16,18H2/t19-,21+/m1/s1. The number of rotatable bonds is 4. The predicted molar refractivity (Wildman–Crippen MR) is 124 cm³/mol. The minimum atomic E-state index is -3.62. The number of likely N-dealkylation sites (tertiary alicyclic amines) is 1. The highest BCUT2D eigenvalue weighted by atomic mass is 32.2. The molecular weight excluding hydrogens is 442 g/mol. The van der Waals surface area contributed by atoms with Crippen LogP contribution in [0.4, 0.5) is 0 Å². The molecule has 1 aliphatic carbocycles. The van der Waals surface area contributed by atoms with Crippen LogP contribution in [-0.4, -0.2) is 87.0 Å². The monoisotopic (exact) mass is 477 g/mol.